The van der Waals surface area contributed by atoms with Crippen molar-refractivity contribution in [2.24, 2.45) is 11.7 Å². The smallest absolute Gasteiger partial charge is 0.328 e. The Labute approximate surface area is 114 Å². The Balaban J connectivity index is 2.08. The summed E-state index contributed by atoms with van der Waals surface area (Å²) in [5, 5.41) is 0.463. The van der Waals surface area contributed by atoms with Gasteiger partial charge in [0.05, 0.1) is 9.88 Å². The summed E-state index contributed by atoms with van der Waals surface area (Å²) < 4.78 is 38.5. The lowest BCUT2D eigenvalue weighted by Gasteiger charge is -2.17. The van der Waals surface area contributed by atoms with Crippen molar-refractivity contribution >= 4 is 11.3 Å². The maximum atomic E-state index is 12.8. The molecule has 2 rings (SSSR count). The summed E-state index contributed by atoms with van der Waals surface area (Å²) in [4.78, 5) is 5.97. The number of halogens is 3. The summed E-state index contributed by atoms with van der Waals surface area (Å²) in [6.07, 6.45) is -3.41. The van der Waals surface area contributed by atoms with E-state index in [1.54, 1.807) is 6.92 Å². The Morgan fingerprint density at radius 3 is 2.74 bits per heavy atom. The molecule has 2 atom stereocenters. The second-order valence-electron chi connectivity index (χ2n) is 5.15. The first-order valence-corrected chi connectivity index (χ1v) is 7.10. The van der Waals surface area contributed by atoms with Crippen molar-refractivity contribution in [1.29, 1.82) is 0 Å². The van der Waals surface area contributed by atoms with Crippen molar-refractivity contribution in [3.05, 3.63) is 15.6 Å². The van der Waals surface area contributed by atoms with Crippen LogP contribution in [0.5, 0.6) is 0 Å². The van der Waals surface area contributed by atoms with Gasteiger partial charge in [-0.2, -0.15) is 13.2 Å². The summed E-state index contributed by atoms with van der Waals surface area (Å²) in [5.41, 5.74) is 5.12. The third-order valence-corrected chi connectivity index (χ3v) is 4.45. The van der Waals surface area contributed by atoms with Crippen molar-refractivity contribution in [3.63, 3.8) is 0 Å². The van der Waals surface area contributed by atoms with Crippen LogP contribution in [0.1, 0.15) is 28.9 Å². The van der Waals surface area contributed by atoms with Crippen LogP contribution < -0.4 is 5.73 Å². The zero-order valence-corrected chi connectivity index (χ0v) is 11.8. The Hall–Kier alpha value is -0.660. The molecule has 0 aromatic carbocycles. The molecule has 7 heteroatoms. The number of hydrogen-bond acceptors (Lipinski definition) is 4. The number of hydrogen-bond donors (Lipinski definition) is 1. The van der Waals surface area contributed by atoms with Gasteiger partial charge in [-0.15, -0.1) is 11.3 Å². The standard InChI is InChI=1S/C12H18F3N3S/c1-7(16)9-3-4-18(5-9)6-10-11(12(13,14)15)17-8(2)19-10/h7,9H,3-6,16H2,1-2H3. The summed E-state index contributed by atoms with van der Waals surface area (Å²) in [5.74, 6) is 0.378. The van der Waals surface area contributed by atoms with E-state index in [0.29, 0.717) is 22.3 Å². The Kier molecular flexibility index (Phi) is 4.17. The van der Waals surface area contributed by atoms with Crippen LogP contribution in [0.3, 0.4) is 0 Å². The first-order valence-electron chi connectivity index (χ1n) is 6.29. The molecule has 0 aliphatic carbocycles. The average Bonchev–Trinajstić information content (AvgIpc) is 2.85. The molecular weight excluding hydrogens is 275 g/mol. The monoisotopic (exact) mass is 293 g/mol. The van der Waals surface area contributed by atoms with Gasteiger partial charge in [-0.25, -0.2) is 4.98 Å². The van der Waals surface area contributed by atoms with E-state index < -0.39 is 11.9 Å². The van der Waals surface area contributed by atoms with Gasteiger partial charge < -0.3 is 5.73 Å². The first-order chi connectivity index (χ1) is 8.77. The third-order valence-electron chi connectivity index (χ3n) is 3.49. The highest BCUT2D eigenvalue weighted by molar-refractivity contribution is 7.11. The van der Waals surface area contributed by atoms with E-state index in [2.05, 4.69) is 4.98 Å². The third kappa shape index (κ3) is 3.46. The first kappa shape index (κ1) is 14.7. The Morgan fingerprint density at radius 2 is 2.21 bits per heavy atom. The summed E-state index contributed by atoms with van der Waals surface area (Å²) in [6.45, 7) is 5.46. The van der Waals surface area contributed by atoms with E-state index in [9.17, 15) is 13.2 Å². The maximum absolute atomic E-state index is 12.8. The van der Waals surface area contributed by atoms with Crippen LogP contribution in [0.15, 0.2) is 0 Å². The van der Waals surface area contributed by atoms with Crippen molar-refractivity contribution in [1.82, 2.24) is 9.88 Å². The molecule has 19 heavy (non-hydrogen) atoms. The minimum absolute atomic E-state index is 0.0929. The van der Waals surface area contributed by atoms with Gasteiger partial charge in [-0.3, -0.25) is 4.90 Å². The normalized spacial score (nSPS) is 22.9. The number of thiazole rings is 1. The van der Waals surface area contributed by atoms with Crippen LogP contribution in [0.25, 0.3) is 0 Å². The van der Waals surface area contributed by atoms with Gasteiger partial charge in [0.2, 0.25) is 0 Å². The van der Waals surface area contributed by atoms with E-state index in [1.165, 1.54) is 0 Å². The molecule has 108 valence electrons. The summed E-state index contributed by atoms with van der Waals surface area (Å²) in [7, 11) is 0. The van der Waals surface area contributed by atoms with Crippen molar-refractivity contribution in [3.8, 4) is 0 Å². The molecule has 0 radical (unpaired) electrons. The Morgan fingerprint density at radius 1 is 1.53 bits per heavy atom. The average molecular weight is 293 g/mol. The van der Waals surface area contributed by atoms with Gasteiger partial charge in [0.25, 0.3) is 0 Å². The summed E-state index contributed by atoms with van der Waals surface area (Å²) in [6, 6.07) is 0.0929. The van der Waals surface area contributed by atoms with E-state index in [1.807, 2.05) is 11.8 Å². The fourth-order valence-electron chi connectivity index (χ4n) is 2.44. The predicted octanol–water partition coefficient (Wildman–Crippen LogP) is 2.64. The molecule has 1 aromatic rings. The lowest BCUT2D eigenvalue weighted by atomic mass is 10.0. The van der Waals surface area contributed by atoms with E-state index in [4.69, 9.17) is 5.73 Å². The van der Waals surface area contributed by atoms with Crippen LogP contribution in [0.2, 0.25) is 0 Å². The van der Waals surface area contributed by atoms with Crippen LogP contribution in [-0.2, 0) is 12.7 Å². The van der Waals surface area contributed by atoms with Crippen molar-refractivity contribution in [2.75, 3.05) is 13.1 Å². The minimum atomic E-state index is -4.36. The largest absolute Gasteiger partial charge is 0.434 e. The highest BCUT2D eigenvalue weighted by Gasteiger charge is 2.38. The highest BCUT2D eigenvalue weighted by Crippen LogP contribution is 2.35. The van der Waals surface area contributed by atoms with Crippen molar-refractivity contribution in [2.45, 2.75) is 39.0 Å². The number of rotatable bonds is 3. The summed E-state index contributed by atoms with van der Waals surface area (Å²) >= 11 is 1.13. The molecule has 0 spiro atoms. The number of nitrogens with two attached hydrogens (primary N) is 1. The lowest BCUT2D eigenvalue weighted by Crippen LogP contribution is -2.29. The van der Waals surface area contributed by atoms with E-state index in [0.717, 1.165) is 30.8 Å². The predicted molar refractivity (Wildman–Crippen MR) is 68.9 cm³/mol. The zero-order chi connectivity index (χ0) is 14.2. The number of aryl methyl sites for hydroxylation is 1. The molecule has 1 fully saturated rings. The number of aromatic nitrogens is 1. The van der Waals surface area contributed by atoms with Gasteiger partial charge in [0.1, 0.15) is 0 Å². The number of alkyl halides is 3. The van der Waals surface area contributed by atoms with Gasteiger partial charge in [-0.1, -0.05) is 0 Å². The Bertz CT molecular complexity index is 442. The lowest BCUT2D eigenvalue weighted by molar-refractivity contribution is -0.141. The molecule has 3 nitrogen and oxygen atoms in total. The molecule has 1 aliphatic rings. The second kappa shape index (κ2) is 5.38. The van der Waals surface area contributed by atoms with Gasteiger partial charge in [0, 0.05) is 19.1 Å². The maximum Gasteiger partial charge on any atom is 0.434 e. The van der Waals surface area contributed by atoms with Gasteiger partial charge in [0.15, 0.2) is 5.69 Å². The van der Waals surface area contributed by atoms with Crippen molar-refractivity contribution < 1.29 is 13.2 Å². The van der Waals surface area contributed by atoms with E-state index >= 15 is 0 Å². The van der Waals surface area contributed by atoms with Crippen LogP contribution in [-0.4, -0.2) is 29.0 Å². The molecule has 2 unspecified atom stereocenters. The molecule has 0 saturated carbocycles. The molecule has 2 heterocycles. The molecule has 1 aromatic heterocycles. The molecule has 2 N–H and O–H groups in total. The fraction of sp³-hybridized carbons (Fsp3) is 0.750. The fourth-order valence-corrected chi connectivity index (χ4v) is 3.44. The van der Waals surface area contributed by atoms with Gasteiger partial charge >= 0.3 is 6.18 Å². The minimum Gasteiger partial charge on any atom is -0.328 e. The molecule has 1 aliphatic heterocycles. The van der Waals surface area contributed by atoms with Crippen LogP contribution in [0.4, 0.5) is 13.2 Å². The van der Waals surface area contributed by atoms with Crippen LogP contribution in [0, 0.1) is 12.8 Å². The highest BCUT2D eigenvalue weighted by atomic mass is 32.1. The second-order valence-corrected chi connectivity index (χ2v) is 6.43. The van der Waals surface area contributed by atoms with Crippen LogP contribution >= 0.6 is 11.3 Å². The topological polar surface area (TPSA) is 42.2 Å². The molecule has 0 amide bonds. The molecular formula is C12H18F3N3S. The molecule has 1 saturated heterocycles. The SMILES string of the molecule is Cc1nc(C(F)(F)F)c(CN2CCC(C(C)N)C2)s1. The quantitative estimate of drug-likeness (QED) is 0.931. The number of likely N-dealkylation sites (tertiary alicyclic amines) is 1. The van der Waals surface area contributed by atoms with E-state index in [-0.39, 0.29) is 6.04 Å². The van der Waals surface area contributed by atoms with Gasteiger partial charge in [-0.05, 0) is 32.7 Å². The zero-order valence-electron chi connectivity index (χ0n) is 11.0. The number of nitrogens with zero attached hydrogens (tertiary/aromatic N) is 2. The molecule has 0 bridgehead atoms.